The lowest BCUT2D eigenvalue weighted by Gasteiger charge is -2.70. The predicted octanol–water partition coefficient (Wildman–Crippen LogP) is 9.46. The van der Waals surface area contributed by atoms with Crippen molar-refractivity contribution in [3.8, 4) is 0 Å². The molecule has 0 radical (unpaired) electrons. The molecule has 1 heterocycles. The van der Waals surface area contributed by atoms with Crippen LogP contribution in [0.5, 0.6) is 0 Å². The maximum atomic E-state index is 13.1. The number of carbonyl (C=O) groups is 3. The van der Waals surface area contributed by atoms with Gasteiger partial charge in [-0.3, -0.25) is 14.4 Å². The Bertz CT molecular complexity index is 1370. The van der Waals surface area contributed by atoms with Gasteiger partial charge >= 0.3 is 17.9 Å². The van der Waals surface area contributed by atoms with Crippen molar-refractivity contribution in [1.82, 2.24) is 0 Å². The van der Waals surface area contributed by atoms with Crippen LogP contribution in [0.15, 0.2) is 0 Å². The molecule has 0 bridgehead atoms. The van der Waals surface area contributed by atoms with Crippen molar-refractivity contribution in [2.75, 3.05) is 0 Å². The Morgan fingerprint density at radius 1 is 0.745 bits per heavy atom. The van der Waals surface area contributed by atoms with E-state index in [9.17, 15) is 14.4 Å². The first-order valence-electron chi connectivity index (χ1n) is 20.0. The molecule has 0 aromatic heterocycles. The summed E-state index contributed by atoms with van der Waals surface area (Å²) in [4.78, 5) is 38.4. The van der Waals surface area contributed by atoms with E-state index in [1.807, 2.05) is 19.6 Å². The Morgan fingerprint density at radius 3 is 1.96 bits per heavy atom. The molecule has 8 nitrogen and oxygen atoms in total. The highest BCUT2D eigenvalue weighted by atomic mass is 28.4. The summed E-state index contributed by atoms with van der Waals surface area (Å²) in [5, 5.41) is 0. The zero-order valence-electron chi connectivity index (χ0n) is 34.9. The van der Waals surface area contributed by atoms with Gasteiger partial charge in [0.1, 0.15) is 18.6 Å². The molecule has 5 fully saturated rings. The summed E-state index contributed by atoms with van der Waals surface area (Å²) >= 11 is 0. The van der Waals surface area contributed by atoms with Gasteiger partial charge in [0.25, 0.3) is 0 Å². The van der Waals surface area contributed by atoms with Crippen molar-refractivity contribution in [2.24, 2.45) is 45.3 Å². The number of fused-ring (bicyclic) bond motifs is 5. The van der Waals surface area contributed by atoms with Crippen LogP contribution in [0, 0.1) is 45.3 Å². The minimum atomic E-state index is -2.09. The van der Waals surface area contributed by atoms with Crippen molar-refractivity contribution < 1.29 is 37.4 Å². The van der Waals surface area contributed by atoms with Crippen molar-refractivity contribution in [2.45, 2.75) is 195 Å². The van der Waals surface area contributed by atoms with Gasteiger partial charge in [0.2, 0.25) is 8.32 Å². The maximum Gasteiger partial charge on any atom is 0.317 e. The number of hydrogen-bond acceptors (Lipinski definition) is 8. The largest absolute Gasteiger partial charge is 0.519 e. The molecule has 51 heavy (non-hydrogen) atoms. The summed E-state index contributed by atoms with van der Waals surface area (Å²) in [7, 11) is -3.87. The lowest BCUT2D eigenvalue weighted by Crippen LogP contribution is -2.67. The molecule has 0 N–H and O–H groups in total. The minimum absolute atomic E-state index is 0.0162. The first kappa shape index (κ1) is 40.9. The van der Waals surface area contributed by atoms with Crippen LogP contribution in [0.3, 0.4) is 0 Å². The molecule has 5 rings (SSSR count). The van der Waals surface area contributed by atoms with E-state index in [-0.39, 0.29) is 69.5 Å². The van der Waals surface area contributed by atoms with Crippen LogP contribution in [0.4, 0.5) is 0 Å². The number of carbonyl (C=O) groups excluding carboxylic acids is 3. The van der Waals surface area contributed by atoms with Crippen LogP contribution < -0.4 is 0 Å². The van der Waals surface area contributed by atoms with E-state index in [0.717, 1.165) is 57.8 Å². The Morgan fingerprint density at radius 2 is 1.37 bits per heavy atom. The summed E-state index contributed by atoms with van der Waals surface area (Å²) in [6.45, 7) is 33.0. The molecular formula is C41H72O8Si2. The molecule has 1 aliphatic heterocycles. The van der Waals surface area contributed by atoms with Crippen LogP contribution >= 0.6 is 0 Å². The smallest absolute Gasteiger partial charge is 0.317 e. The summed E-state index contributed by atoms with van der Waals surface area (Å²) in [6, 6.07) is 0. The SMILES string of the molecule is CC(=O)OC1CC2C3(C)CCC(OC(=O)CC(=O)O[Si](C)(C)C)C(C)(C)C3CCC2(C)C2(C)CCC(C3(C)CCC(C(C)(C)O[Si](C)(C)C)O3)C12. The van der Waals surface area contributed by atoms with Crippen molar-refractivity contribution in [1.29, 1.82) is 0 Å². The van der Waals surface area contributed by atoms with Crippen molar-refractivity contribution in [3.63, 3.8) is 0 Å². The second-order valence-corrected chi connectivity index (χ2v) is 30.3. The van der Waals surface area contributed by atoms with Gasteiger partial charge in [-0.15, -0.1) is 0 Å². The van der Waals surface area contributed by atoms with Crippen LogP contribution in [0.1, 0.15) is 127 Å². The maximum absolute atomic E-state index is 13.1. The van der Waals surface area contributed by atoms with Crippen molar-refractivity contribution in [3.05, 3.63) is 0 Å². The highest BCUT2D eigenvalue weighted by Gasteiger charge is 2.73. The highest BCUT2D eigenvalue weighted by Crippen LogP contribution is 2.76. The summed E-state index contributed by atoms with van der Waals surface area (Å²) in [5.41, 5.74) is -0.909. The number of hydrogen-bond donors (Lipinski definition) is 0. The van der Waals surface area contributed by atoms with Gasteiger partial charge in [-0.05, 0) is 152 Å². The van der Waals surface area contributed by atoms with Gasteiger partial charge in [0, 0.05) is 18.3 Å². The second-order valence-electron chi connectivity index (χ2n) is 21.4. The Kier molecular flexibility index (Phi) is 10.6. The number of esters is 2. The molecule has 10 heteroatoms. The van der Waals surface area contributed by atoms with E-state index < -0.39 is 28.6 Å². The van der Waals surface area contributed by atoms with E-state index in [1.54, 1.807) is 6.92 Å². The molecule has 292 valence electrons. The Hall–Kier alpha value is -1.24. The number of ether oxygens (including phenoxy) is 3. The topological polar surface area (TPSA) is 97.4 Å². The molecule has 11 atom stereocenters. The summed E-state index contributed by atoms with van der Waals surface area (Å²) in [5.74, 6) is 0.0154. The van der Waals surface area contributed by atoms with E-state index in [0.29, 0.717) is 17.8 Å². The molecule has 5 aliphatic rings. The molecule has 0 aromatic carbocycles. The molecule has 0 spiro atoms. The molecule has 0 aromatic rings. The molecule has 0 amide bonds. The van der Waals surface area contributed by atoms with Crippen LogP contribution in [0.2, 0.25) is 39.3 Å². The average Bonchev–Trinajstić information content (AvgIpc) is 3.52. The van der Waals surface area contributed by atoms with Crippen LogP contribution in [-0.2, 0) is 37.4 Å². The van der Waals surface area contributed by atoms with Gasteiger partial charge in [-0.1, -0.05) is 34.6 Å². The molecule has 4 aliphatic carbocycles. The summed E-state index contributed by atoms with van der Waals surface area (Å²) in [6.07, 6.45) is 8.10. The fourth-order valence-corrected chi connectivity index (χ4v) is 15.6. The Labute approximate surface area is 311 Å². The quantitative estimate of drug-likeness (QED) is 0.131. The van der Waals surface area contributed by atoms with E-state index in [1.165, 1.54) is 0 Å². The predicted molar refractivity (Wildman–Crippen MR) is 205 cm³/mol. The lowest BCUT2D eigenvalue weighted by molar-refractivity contribution is -0.254. The zero-order chi connectivity index (χ0) is 38.4. The van der Waals surface area contributed by atoms with Crippen LogP contribution in [-0.4, -0.2) is 64.1 Å². The third kappa shape index (κ3) is 7.43. The van der Waals surface area contributed by atoms with Gasteiger partial charge in [0.15, 0.2) is 8.32 Å². The molecular weight excluding hydrogens is 677 g/mol. The second kappa shape index (κ2) is 13.2. The first-order valence-corrected chi connectivity index (χ1v) is 26.9. The van der Waals surface area contributed by atoms with Crippen LogP contribution in [0.25, 0.3) is 0 Å². The fraction of sp³-hybridized carbons (Fsp3) is 0.927. The summed E-state index contributed by atoms with van der Waals surface area (Å²) < 4.78 is 32.0. The van der Waals surface area contributed by atoms with Crippen molar-refractivity contribution >= 4 is 34.5 Å². The van der Waals surface area contributed by atoms with Gasteiger partial charge in [0.05, 0.1) is 17.3 Å². The average molecular weight is 749 g/mol. The molecule has 1 saturated heterocycles. The third-order valence-corrected chi connectivity index (χ3v) is 17.0. The van der Waals surface area contributed by atoms with E-state index in [2.05, 4.69) is 75.0 Å². The normalized spacial score (nSPS) is 42.3. The standard InChI is InChI=1S/C41H72O8Si2/c1-26(42)45-28-24-30-38(6)20-18-31(46-33(43)25-34(44)48-50(10,11)12)36(2,3)29(38)17-22-39(30,7)40(8)21-16-27(35(28)40)41(9)23-19-32(47-41)37(4,5)49-51(13,14)15/h27-32,35H,16-25H2,1-15H3. The van der Waals surface area contributed by atoms with E-state index >= 15 is 0 Å². The van der Waals surface area contributed by atoms with Gasteiger partial charge in [-0.25, -0.2) is 0 Å². The lowest BCUT2D eigenvalue weighted by atomic mass is 9.35. The zero-order valence-corrected chi connectivity index (χ0v) is 36.9. The monoisotopic (exact) mass is 748 g/mol. The molecule has 4 saturated carbocycles. The first-order chi connectivity index (χ1) is 23.1. The third-order valence-electron chi connectivity index (χ3n) is 15.0. The molecule has 11 unspecified atom stereocenters. The minimum Gasteiger partial charge on any atom is -0.519 e. The Balaban J connectivity index is 1.40. The fourth-order valence-electron chi connectivity index (χ4n) is 13.1. The number of rotatable bonds is 9. The van der Waals surface area contributed by atoms with E-state index in [4.69, 9.17) is 23.1 Å². The van der Waals surface area contributed by atoms with Gasteiger partial charge in [-0.2, -0.15) is 0 Å². The highest BCUT2D eigenvalue weighted by molar-refractivity contribution is 6.71. The van der Waals surface area contributed by atoms with Gasteiger partial charge < -0.3 is 23.1 Å².